The lowest BCUT2D eigenvalue weighted by molar-refractivity contribution is -0.0535. The van der Waals surface area contributed by atoms with Crippen molar-refractivity contribution in [3.63, 3.8) is 0 Å². The smallest absolute Gasteiger partial charge is 0.123 e. The molecule has 4 heteroatoms. The molecule has 2 bridgehead atoms. The second-order valence-electron chi connectivity index (χ2n) is 5.73. The summed E-state index contributed by atoms with van der Waals surface area (Å²) in [5.74, 6) is -0.215. The van der Waals surface area contributed by atoms with Gasteiger partial charge < -0.3 is 10.5 Å². The van der Waals surface area contributed by atoms with Crippen molar-refractivity contribution in [2.75, 3.05) is 13.1 Å². The molecule has 104 valence electrons. The van der Waals surface area contributed by atoms with Crippen LogP contribution in [0.15, 0.2) is 24.3 Å². The molecule has 2 fully saturated rings. The molecular weight excluding hydrogens is 243 g/mol. The minimum atomic E-state index is -0.215. The van der Waals surface area contributed by atoms with Crippen molar-refractivity contribution in [2.45, 2.75) is 44.1 Å². The van der Waals surface area contributed by atoms with Crippen LogP contribution in [0, 0.1) is 5.82 Å². The standard InChI is InChI=1S/C15H21FN2O/c1-10(15(17)11-2-4-12(16)5-3-11)18-8-13-6-7-14(9-18)19-13/h2-5,10,13-15H,6-9,17H2,1H3. The molecule has 0 aliphatic carbocycles. The van der Waals surface area contributed by atoms with Gasteiger partial charge in [0.05, 0.1) is 12.2 Å². The molecule has 1 aromatic carbocycles. The zero-order valence-corrected chi connectivity index (χ0v) is 11.3. The molecule has 3 nitrogen and oxygen atoms in total. The molecule has 2 heterocycles. The summed E-state index contributed by atoms with van der Waals surface area (Å²) < 4.78 is 18.8. The van der Waals surface area contributed by atoms with Crippen molar-refractivity contribution in [1.29, 1.82) is 0 Å². The number of morpholine rings is 1. The first-order valence-electron chi connectivity index (χ1n) is 7.04. The van der Waals surface area contributed by atoms with E-state index in [0.29, 0.717) is 12.2 Å². The number of hydrogen-bond acceptors (Lipinski definition) is 3. The summed E-state index contributed by atoms with van der Waals surface area (Å²) in [7, 11) is 0. The summed E-state index contributed by atoms with van der Waals surface area (Å²) >= 11 is 0. The molecule has 0 spiro atoms. The van der Waals surface area contributed by atoms with Crippen molar-refractivity contribution in [1.82, 2.24) is 4.90 Å². The van der Waals surface area contributed by atoms with E-state index in [1.54, 1.807) is 12.1 Å². The Morgan fingerprint density at radius 2 is 1.79 bits per heavy atom. The van der Waals surface area contributed by atoms with E-state index in [9.17, 15) is 4.39 Å². The van der Waals surface area contributed by atoms with Gasteiger partial charge in [-0.2, -0.15) is 0 Å². The molecule has 2 N–H and O–H groups in total. The second kappa shape index (κ2) is 5.19. The minimum absolute atomic E-state index is 0.0851. The van der Waals surface area contributed by atoms with E-state index in [1.165, 1.54) is 25.0 Å². The number of hydrogen-bond donors (Lipinski definition) is 1. The van der Waals surface area contributed by atoms with E-state index in [4.69, 9.17) is 10.5 Å². The normalized spacial score (nSPS) is 30.3. The summed E-state index contributed by atoms with van der Waals surface area (Å²) in [6, 6.07) is 6.68. The number of likely N-dealkylation sites (tertiary alicyclic amines) is 1. The fraction of sp³-hybridized carbons (Fsp3) is 0.600. The Morgan fingerprint density at radius 1 is 1.21 bits per heavy atom. The first-order valence-corrected chi connectivity index (χ1v) is 7.04. The molecule has 0 amide bonds. The number of rotatable bonds is 3. The second-order valence-corrected chi connectivity index (χ2v) is 5.73. The van der Waals surface area contributed by atoms with Gasteiger partial charge in [-0.05, 0) is 37.5 Å². The minimum Gasteiger partial charge on any atom is -0.372 e. The highest BCUT2D eigenvalue weighted by Crippen LogP contribution is 2.29. The summed E-state index contributed by atoms with van der Waals surface area (Å²) in [6.07, 6.45) is 3.09. The summed E-state index contributed by atoms with van der Waals surface area (Å²) in [4.78, 5) is 2.42. The maximum absolute atomic E-state index is 12.9. The number of halogens is 1. The Hall–Kier alpha value is -0.970. The first-order chi connectivity index (χ1) is 9.13. The lowest BCUT2D eigenvalue weighted by Crippen LogP contribution is -2.50. The number of benzene rings is 1. The summed E-state index contributed by atoms with van der Waals surface area (Å²) in [6.45, 7) is 4.08. The van der Waals surface area contributed by atoms with E-state index < -0.39 is 0 Å². The van der Waals surface area contributed by atoms with E-state index in [1.807, 2.05) is 0 Å². The summed E-state index contributed by atoms with van der Waals surface area (Å²) in [5, 5.41) is 0. The fourth-order valence-electron chi connectivity index (χ4n) is 3.17. The average molecular weight is 264 g/mol. The van der Waals surface area contributed by atoms with Crippen LogP contribution >= 0.6 is 0 Å². The van der Waals surface area contributed by atoms with Crippen molar-refractivity contribution < 1.29 is 9.13 Å². The van der Waals surface area contributed by atoms with Crippen LogP contribution in [0.5, 0.6) is 0 Å². The zero-order chi connectivity index (χ0) is 13.4. The number of fused-ring (bicyclic) bond motifs is 2. The monoisotopic (exact) mass is 264 g/mol. The first kappa shape index (κ1) is 13.0. The van der Waals surface area contributed by atoms with Gasteiger partial charge in [0.15, 0.2) is 0 Å². The van der Waals surface area contributed by atoms with Gasteiger partial charge in [0.25, 0.3) is 0 Å². The molecule has 2 saturated heterocycles. The molecule has 2 aliphatic rings. The van der Waals surface area contributed by atoms with Crippen LogP contribution in [-0.4, -0.2) is 36.2 Å². The molecule has 4 atom stereocenters. The summed E-state index contributed by atoms with van der Waals surface area (Å²) in [5.41, 5.74) is 7.32. The van der Waals surface area contributed by atoms with Gasteiger partial charge >= 0.3 is 0 Å². The lowest BCUT2D eigenvalue weighted by atomic mass is 9.99. The van der Waals surface area contributed by atoms with Crippen LogP contribution in [0.2, 0.25) is 0 Å². The van der Waals surface area contributed by atoms with Crippen LogP contribution in [0.4, 0.5) is 4.39 Å². The largest absolute Gasteiger partial charge is 0.372 e. The zero-order valence-electron chi connectivity index (χ0n) is 11.3. The van der Waals surface area contributed by atoms with Gasteiger partial charge in [-0.25, -0.2) is 4.39 Å². The van der Waals surface area contributed by atoms with Gasteiger partial charge in [0.1, 0.15) is 5.82 Å². The van der Waals surface area contributed by atoms with Crippen LogP contribution in [0.1, 0.15) is 31.4 Å². The quantitative estimate of drug-likeness (QED) is 0.908. The topological polar surface area (TPSA) is 38.5 Å². The molecule has 0 aromatic heterocycles. The van der Waals surface area contributed by atoms with Crippen LogP contribution < -0.4 is 5.73 Å². The van der Waals surface area contributed by atoms with Gasteiger partial charge in [0.2, 0.25) is 0 Å². The van der Waals surface area contributed by atoms with Crippen LogP contribution in [0.3, 0.4) is 0 Å². The Morgan fingerprint density at radius 3 is 2.37 bits per heavy atom. The fourth-order valence-corrected chi connectivity index (χ4v) is 3.17. The predicted molar refractivity (Wildman–Crippen MR) is 72.3 cm³/mol. The predicted octanol–water partition coefficient (Wildman–Crippen LogP) is 2.08. The maximum atomic E-state index is 12.9. The van der Waals surface area contributed by atoms with Gasteiger partial charge in [-0.3, -0.25) is 4.90 Å². The van der Waals surface area contributed by atoms with Gasteiger partial charge in [-0.15, -0.1) is 0 Å². The van der Waals surface area contributed by atoms with Crippen molar-refractivity contribution in [2.24, 2.45) is 5.73 Å². The van der Waals surface area contributed by atoms with E-state index in [0.717, 1.165) is 18.7 Å². The molecule has 4 unspecified atom stereocenters. The van der Waals surface area contributed by atoms with Crippen LogP contribution in [0.25, 0.3) is 0 Å². The van der Waals surface area contributed by atoms with Crippen molar-refractivity contribution in [3.8, 4) is 0 Å². The molecule has 1 aromatic rings. The highest BCUT2D eigenvalue weighted by atomic mass is 19.1. The number of ether oxygens (including phenoxy) is 1. The number of nitrogens with two attached hydrogens (primary N) is 1. The van der Waals surface area contributed by atoms with Crippen molar-refractivity contribution in [3.05, 3.63) is 35.6 Å². The van der Waals surface area contributed by atoms with E-state index in [2.05, 4.69) is 11.8 Å². The van der Waals surface area contributed by atoms with Gasteiger partial charge in [-0.1, -0.05) is 12.1 Å². The Balaban J connectivity index is 1.69. The average Bonchev–Trinajstić information content (AvgIpc) is 2.76. The Bertz CT molecular complexity index is 424. The molecule has 19 heavy (non-hydrogen) atoms. The molecular formula is C15H21FN2O. The molecule has 0 radical (unpaired) electrons. The third-order valence-electron chi connectivity index (χ3n) is 4.42. The molecule has 3 rings (SSSR count). The molecule has 0 saturated carbocycles. The lowest BCUT2D eigenvalue weighted by Gasteiger charge is -2.38. The van der Waals surface area contributed by atoms with E-state index >= 15 is 0 Å². The Kier molecular flexibility index (Phi) is 3.56. The van der Waals surface area contributed by atoms with E-state index in [-0.39, 0.29) is 17.9 Å². The Labute approximate surface area is 113 Å². The third kappa shape index (κ3) is 2.66. The third-order valence-corrected chi connectivity index (χ3v) is 4.42. The maximum Gasteiger partial charge on any atom is 0.123 e. The van der Waals surface area contributed by atoms with Crippen molar-refractivity contribution >= 4 is 0 Å². The number of nitrogens with zero attached hydrogens (tertiary/aromatic N) is 1. The molecule has 2 aliphatic heterocycles. The highest BCUT2D eigenvalue weighted by Gasteiger charge is 2.36. The SMILES string of the molecule is CC(C(N)c1ccc(F)cc1)N1CC2CCC(C1)O2. The van der Waals surface area contributed by atoms with Crippen LogP contribution in [-0.2, 0) is 4.74 Å². The highest BCUT2D eigenvalue weighted by molar-refractivity contribution is 5.21. The van der Waals surface area contributed by atoms with Gasteiger partial charge in [0, 0.05) is 25.2 Å².